The summed E-state index contributed by atoms with van der Waals surface area (Å²) in [7, 11) is 3.65. The lowest BCUT2D eigenvalue weighted by Crippen LogP contribution is -2.18. The van der Waals surface area contributed by atoms with Crippen molar-refractivity contribution < 1.29 is 0 Å². The van der Waals surface area contributed by atoms with Crippen molar-refractivity contribution in [1.82, 2.24) is 19.1 Å². The van der Waals surface area contributed by atoms with Gasteiger partial charge >= 0.3 is 0 Å². The van der Waals surface area contributed by atoms with Crippen LogP contribution in [0, 0.1) is 6.92 Å². The van der Waals surface area contributed by atoms with Gasteiger partial charge in [0.15, 0.2) is 5.16 Å². The van der Waals surface area contributed by atoms with E-state index in [-0.39, 0.29) is 5.56 Å². The van der Waals surface area contributed by atoms with Crippen molar-refractivity contribution in [3.63, 3.8) is 0 Å². The van der Waals surface area contributed by atoms with Crippen LogP contribution >= 0.6 is 11.8 Å². The molecule has 3 rings (SSSR count). The first kappa shape index (κ1) is 13.9. The number of aryl methyl sites for hydroxylation is 3. The highest BCUT2D eigenvalue weighted by atomic mass is 32.2. The van der Waals surface area contributed by atoms with E-state index < -0.39 is 0 Å². The van der Waals surface area contributed by atoms with Gasteiger partial charge in [-0.05, 0) is 24.8 Å². The van der Waals surface area contributed by atoms with E-state index in [1.54, 1.807) is 11.6 Å². The Balaban J connectivity index is 2.41. The third-order valence-electron chi connectivity index (χ3n) is 3.60. The second-order valence-electron chi connectivity index (χ2n) is 5.04. The predicted molar refractivity (Wildman–Crippen MR) is 85.7 cm³/mol. The third-order valence-corrected chi connectivity index (χ3v) is 4.16. The van der Waals surface area contributed by atoms with E-state index in [0.717, 1.165) is 27.4 Å². The number of thioether (sulfide) groups is 1. The molecule has 0 N–H and O–H groups in total. The summed E-state index contributed by atoms with van der Waals surface area (Å²) in [4.78, 5) is 21.2. The van der Waals surface area contributed by atoms with Crippen LogP contribution in [0.4, 0.5) is 0 Å². The van der Waals surface area contributed by atoms with E-state index in [1.165, 1.54) is 11.8 Å². The second kappa shape index (κ2) is 5.04. The van der Waals surface area contributed by atoms with Crippen LogP contribution in [0.2, 0.25) is 0 Å². The van der Waals surface area contributed by atoms with Crippen LogP contribution in [-0.4, -0.2) is 25.4 Å². The van der Waals surface area contributed by atoms with Gasteiger partial charge in [0.1, 0.15) is 5.52 Å². The monoisotopic (exact) mass is 300 g/mol. The fraction of sp³-hybridized carbons (Fsp3) is 0.267. The molecule has 0 aliphatic heterocycles. The summed E-state index contributed by atoms with van der Waals surface area (Å²) >= 11 is 1.51. The van der Waals surface area contributed by atoms with E-state index in [2.05, 4.69) is 9.97 Å². The molecule has 0 aromatic carbocycles. The number of nitrogens with zero attached hydrogens (tertiary/aromatic N) is 4. The van der Waals surface area contributed by atoms with Gasteiger partial charge in [-0.1, -0.05) is 11.8 Å². The molecule has 0 saturated carbocycles. The minimum absolute atomic E-state index is 0.00181. The molecule has 0 aliphatic carbocycles. The molecular formula is C15H16N4OS. The van der Waals surface area contributed by atoms with Gasteiger partial charge in [0.25, 0.3) is 5.56 Å². The molecule has 0 radical (unpaired) electrons. The van der Waals surface area contributed by atoms with Crippen molar-refractivity contribution in [2.75, 3.05) is 6.26 Å². The Morgan fingerprint density at radius 1 is 1.24 bits per heavy atom. The van der Waals surface area contributed by atoms with Crippen molar-refractivity contribution in [3.05, 3.63) is 40.6 Å². The molecular weight excluding hydrogens is 284 g/mol. The fourth-order valence-corrected chi connectivity index (χ4v) is 2.83. The molecule has 108 valence electrons. The Morgan fingerprint density at radius 3 is 2.71 bits per heavy atom. The Hall–Kier alpha value is -2.08. The second-order valence-corrected chi connectivity index (χ2v) is 5.81. The lowest BCUT2D eigenvalue weighted by molar-refractivity contribution is 0.852. The van der Waals surface area contributed by atoms with Gasteiger partial charge in [-0.15, -0.1) is 0 Å². The molecule has 0 atom stereocenters. The number of hydrogen-bond acceptors (Lipinski definition) is 4. The topological polar surface area (TPSA) is 52.7 Å². The molecule has 21 heavy (non-hydrogen) atoms. The molecule has 3 aromatic rings. The summed E-state index contributed by atoms with van der Waals surface area (Å²) in [5, 5.41) is 1.66. The van der Waals surface area contributed by atoms with Gasteiger partial charge in [0.2, 0.25) is 0 Å². The number of pyridine rings is 1. The van der Waals surface area contributed by atoms with Crippen molar-refractivity contribution in [1.29, 1.82) is 0 Å². The smallest absolute Gasteiger partial charge is 0.274 e. The highest BCUT2D eigenvalue weighted by Crippen LogP contribution is 2.28. The molecule has 0 spiro atoms. The normalized spacial score (nSPS) is 11.2. The lowest BCUT2D eigenvalue weighted by atomic mass is 10.1. The summed E-state index contributed by atoms with van der Waals surface area (Å²) in [5.41, 5.74) is 3.53. The highest BCUT2D eigenvalue weighted by Gasteiger charge is 2.15. The van der Waals surface area contributed by atoms with Crippen LogP contribution < -0.4 is 5.56 Å². The van der Waals surface area contributed by atoms with Crippen molar-refractivity contribution in [2.24, 2.45) is 14.1 Å². The molecule has 3 aromatic heterocycles. The van der Waals surface area contributed by atoms with Gasteiger partial charge in [-0.2, -0.15) is 0 Å². The summed E-state index contributed by atoms with van der Waals surface area (Å²) in [6.07, 6.45) is 7.53. The average molecular weight is 300 g/mol. The first-order valence-corrected chi connectivity index (χ1v) is 7.78. The Labute approximate surface area is 126 Å². The van der Waals surface area contributed by atoms with Crippen molar-refractivity contribution >= 4 is 22.7 Å². The molecule has 0 fully saturated rings. The van der Waals surface area contributed by atoms with E-state index >= 15 is 0 Å². The first-order chi connectivity index (χ1) is 10.0. The van der Waals surface area contributed by atoms with Gasteiger partial charge in [0.05, 0.1) is 5.69 Å². The lowest BCUT2D eigenvalue weighted by Gasteiger charge is -2.10. The predicted octanol–water partition coefficient (Wildman–Crippen LogP) is 2.36. The summed E-state index contributed by atoms with van der Waals surface area (Å²) in [6.45, 7) is 1.99. The average Bonchev–Trinajstić information content (AvgIpc) is 2.86. The van der Waals surface area contributed by atoms with Crippen molar-refractivity contribution in [3.8, 4) is 11.3 Å². The SMILES string of the molecule is CSc1ncc(C)c(-c2cn(C)c(=O)c3c2ccn3C)n1. The fourth-order valence-electron chi connectivity index (χ4n) is 2.49. The molecule has 6 heteroatoms. The van der Waals surface area contributed by atoms with Gasteiger partial charge in [-0.3, -0.25) is 4.79 Å². The minimum atomic E-state index is -0.00181. The van der Waals surface area contributed by atoms with Crippen LogP contribution in [0.15, 0.2) is 34.6 Å². The molecule has 0 saturated heterocycles. The Kier molecular flexibility index (Phi) is 3.33. The summed E-state index contributed by atoms with van der Waals surface area (Å²) in [6, 6.07) is 1.96. The maximum absolute atomic E-state index is 12.3. The van der Waals surface area contributed by atoms with E-state index in [0.29, 0.717) is 5.52 Å². The standard InChI is InChI=1S/C15H16N4OS/c1-9-7-16-15(21-4)17-12(9)11-8-19(3)14(20)13-10(11)5-6-18(13)2/h5-8H,1-4H3. The van der Waals surface area contributed by atoms with E-state index in [4.69, 9.17) is 0 Å². The third kappa shape index (κ3) is 2.15. The van der Waals surface area contributed by atoms with E-state index in [1.807, 2.05) is 49.5 Å². The maximum Gasteiger partial charge on any atom is 0.274 e. The molecule has 5 nitrogen and oxygen atoms in total. The zero-order valence-electron chi connectivity index (χ0n) is 12.4. The van der Waals surface area contributed by atoms with Crippen LogP contribution in [0.5, 0.6) is 0 Å². The number of aromatic nitrogens is 4. The molecule has 0 amide bonds. The van der Waals surface area contributed by atoms with Gasteiger partial charge in [-0.25, -0.2) is 9.97 Å². The minimum Gasteiger partial charge on any atom is -0.346 e. The van der Waals surface area contributed by atoms with Crippen LogP contribution in [0.25, 0.3) is 22.2 Å². The van der Waals surface area contributed by atoms with Gasteiger partial charge in [0, 0.05) is 43.6 Å². The number of fused-ring (bicyclic) bond motifs is 1. The number of rotatable bonds is 2. The van der Waals surface area contributed by atoms with E-state index in [9.17, 15) is 4.79 Å². The molecule has 0 unspecified atom stereocenters. The van der Waals surface area contributed by atoms with Crippen LogP contribution in [0.3, 0.4) is 0 Å². The van der Waals surface area contributed by atoms with Crippen molar-refractivity contribution in [2.45, 2.75) is 12.1 Å². The quantitative estimate of drug-likeness (QED) is 0.538. The molecule has 0 aliphatic rings. The first-order valence-electron chi connectivity index (χ1n) is 6.55. The van der Waals surface area contributed by atoms with Crippen LogP contribution in [0.1, 0.15) is 5.56 Å². The Bertz CT molecular complexity index is 895. The maximum atomic E-state index is 12.3. The molecule has 0 bridgehead atoms. The largest absolute Gasteiger partial charge is 0.346 e. The van der Waals surface area contributed by atoms with Crippen LogP contribution in [-0.2, 0) is 14.1 Å². The molecule has 3 heterocycles. The highest BCUT2D eigenvalue weighted by molar-refractivity contribution is 7.98. The Morgan fingerprint density at radius 2 is 2.00 bits per heavy atom. The zero-order chi connectivity index (χ0) is 15.1. The summed E-state index contributed by atoms with van der Waals surface area (Å²) < 4.78 is 3.46. The zero-order valence-corrected chi connectivity index (χ0v) is 13.2. The van der Waals surface area contributed by atoms with Gasteiger partial charge < -0.3 is 9.13 Å². The summed E-state index contributed by atoms with van der Waals surface area (Å²) in [5.74, 6) is 0. The number of hydrogen-bond donors (Lipinski definition) is 0.